The number of carbonyl (C=O) groups is 1. The second-order valence-corrected chi connectivity index (χ2v) is 3.20. The van der Waals surface area contributed by atoms with E-state index >= 15 is 0 Å². The molecule has 15 heavy (non-hydrogen) atoms. The maximum absolute atomic E-state index is 10.7. The number of carboxylic acid groups (broad SMARTS) is 1. The molecule has 4 heteroatoms. The fourth-order valence-electron chi connectivity index (χ4n) is 1.36. The van der Waals surface area contributed by atoms with Gasteiger partial charge < -0.3 is 9.67 Å². The summed E-state index contributed by atoms with van der Waals surface area (Å²) in [5, 5.41) is 8.80. The summed E-state index contributed by atoms with van der Waals surface area (Å²) in [6.07, 6.45) is 5.34. The van der Waals surface area contributed by atoms with E-state index < -0.39 is 5.97 Å². The van der Waals surface area contributed by atoms with Crippen LogP contribution in [0, 0.1) is 0 Å². The number of aromatic nitrogens is 2. The Hall–Kier alpha value is -2.10. The summed E-state index contributed by atoms with van der Waals surface area (Å²) in [4.78, 5) is 14.8. The molecule has 0 radical (unpaired) electrons. The van der Waals surface area contributed by atoms with Crippen LogP contribution in [0.2, 0.25) is 0 Å². The van der Waals surface area contributed by atoms with E-state index in [-0.39, 0.29) is 5.56 Å². The average molecular weight is 202 g/mol. The van der Waals surface area contributed by atoms with Crippen LogP contribution < -0.4 is 0 Å². The quantitative estimate of drug-likeness (QED) is 0.822. The first-order chi connectivity index (χ1) is 7.25. The molecule has 0 aliphatic rings. The molecule has 2 rings (SSSR count). The molecule has 0 unspecified atom stereocenters. The normalized spacial score (nSPS) is 10.1. The van der Waals surface area contributed by atoms with Gasteiger partial charge in [-0.05, 0) is 24.3 Å². The Balaban J connectivity index is 2.22. The molecule has 2 heterocycles. The minimum Gasteiger partial charge on any atom is -0.478 e. The van der Waals surface area contributed by atoms with Gasteiger partial charge in [0.25, 0.3) is 0 Å². The lowest BCUT2D eigenvalue weighted by atomic mass is 10.2. The Morgan fingerprint density at radius 1 is 1.40 bits per heavy atom. The Bertz CT molecular complexity index is 463. The first-order valence-electron chi connectivity index (χ1n) is 4.55. The third kappa shape index (κ3) is 2.22. The number of pyridine rings is 1. The molecule has 4 nitrogen and oxygen atoms in total. The van der Waals surface area contributed by atoms with Crippen molar-refractivity contribution in [2.45, 2.75) is 6.54 Å². The summed E-state index contributed by atoms with van der Waals surface area (Å²) in [6.45, 7) is 0.591. The first kappa shape index (κ1) is 9.45. The molecule has 0 amide bonds. The highest BCUT2D eigenvalue weighted by Crippen LogP contribution is 2.04. The SMILES string of the molecule is O=C(O)c1ccnc(Cn2cccc2)c1. The van der Waals surface area contributed by atoms with Crippen LogP contribution in [0.1, 0.15) is 16.1 Å². The maximum Gasteiger partial charge on any atom is 0.335 e. The van der Waals surface area contributed by atoms with Crippen molar-refractivity contribution < 1.29 is 9.90 Å². The topological polar surface area (TPSA) is 55.1 Å². The van der Waals surface area contributed by atoms with Gasteiger partial charge in [-0.2, -0.15) is 0 Å². The highest BCUT2D eigenvalue weighted by molar-refractivity contribution is 5.87. The minimum absolute atomic E-state index is 0.271. The van der Waals surface area contributed by atoms with Gasteiger partial charge in [0.2, 0.25) is 0 Å². The Labute approximate surface area is 86.8 Å². The van der Waals surface area contributed by atoms with E-state index in [0.29, 0.717) is 6.54 Å². The molecule has 2 aromatic heterocycles. The van der Waals surface area contributed by atoms with Gasteiger partial charge in [-0.15, -0.1) is 0 Å². The standard InChI is InChI=1S/C11H10N2O2/c14-11(15)9-3-4-12-10(7-9)8-13-5-1-2-6-13/h1-7H,8H2,(H,14,15). The maximum atomic E-state index is 10.7. The van der Waals surface area contributed by atoms with Crippen LogP contribution >= 0.6 is 0 Å². The van der Waals surface area contributed by atoms with E-state index in [9.17, 15) is 4.79 Å². The summed E-state index contributed by atoms with van der Waals surface area (Å²) in [5.41, 5.74) is 1.01. The van der Waals surface area contributed by atoms with Gasteiger partial charge >= 0.3 is 5.97 Å². The zero-order valence-corrected chi connectivity index (χ0v) is 8.00. The van der Waals surface area contributed by atoms with Crippen molar-refractivity contribution in [3.8, 4) is 0 Å². The number of rotatable bonds is 3. The zero-order chi connectivity index (χ0) is 10.7. The highest BCUT2D eigenvalue weighted by Gasteiger charge is 2.03. The summed E-state index contributed by atoms with van der Waals surface area (Å²) in [7, 11) is 0. The third-order valence-corrected chi connectivity index (χ3v) is 2.07. The van der Waals surface area contributed by atoms with Gasteiger partial charge in [0, 0.05) is 18.6 Å². The number of carboxylic acids is 1. The predicted octanol–water partition coefficient (Wildman–Crippen LogP) is 1.63. The van der Waals surface area contributed by atoms with Crippen LogP contribution in [0.5, 0.6) is 0 Å². The second kappa shape index (κ2) is 3.96. The van der Waals surface area contributed by atoms with Crippen molar-refractivity contribution in [3.05, 3.63) is 54.1 Å². The molecule has 76 valence electrons. The van der Waals surface area contributed by atoms with Gasteiger partial charge in [-0.3, -0.25) is 4.98 Å². The smallest absolute Gasteiger partial charge is 0.335 e. The molecule has 0 bridgehead atoms. The monoisotopic (exact) mass is 202 g/mol. The number of hydrogen-bond donors (Lipinski definition) is 1. The molecular formula is C11H10N2O2. The molecule has 0 aliphatic carbocycles. The van der Waals surface area contributed by atoms with Gasteiger partial charge in [-0.1, -0.05) is 0 Å². The van der Waals surface area contributed by atoms with Gasteiger partial charge in [0.15, 0.2) is 0 Å². The van der Waals surface area contributed by atoms with E-state index in [2.05, 4.69) is 4.98 Å². The molecule has 0 aliphatic heterocycles. The van der Waals surface area contributed by atoms with Crippen molar-refractivity contribution in [1.29, 1.82) is 0 Å². The van der Waals surface area contributed by atoms with Gasteiger partial charge in [0.05, 0.1) is 17.8 Å². The zero-order valence-electron chi connectivity index (χ0n) is 8.00. The number of aromatic carboxylic acids is 1. The average Bonchev–Trinajstić information content (AvgIpc) is 2.71. The van der Waals surface area contributed by atoms with Gasteiger partial charge in [-0.25, -0.2) is 4.79 Å². The largest absolute Gasteiger partial charge is 0.478 e. The lowest BCUT2D eigenvalue weighted by Gasteiger charge is -2.02. The summed E-state index contributed by atoms with van der Waals surface area (Å²) >= 11 is 0. The van der Waals surface area contributed by atoms with Crippen LogP contribution in [-0.4, -0.2) is 20.6 Å². The summed E-state index contributed by atoms with van der Waals surface area (Å²) < 4.78 is 1.94. The lowest BCUT2D eigenvalue weighted by Crippen LogP contribution is -2.02. The van der Waals surface area contributed by atoms with E-state index in [4.69, 9.17) is 5.11 Å². The van der Waals surface area contributed by atoms with Crippen LogP contribution in [0.25, 0.3) is 0 Å². The van der Waals surface area contributed by atoms with Crippen LogP contribution in [0.4, 0.5) is 0 Å². The van der Waals surface area contributed by atoms with Crippen LogP contribution in [0.3, 0.4) is 0 Å². The second-order valence-electron chi connectivity index (χ2n) is 3.20. The third-order valence-electron chi connectivity index (χ3n) is 2.07. The number of hydrogen-bond acceptors (Lipinski definition) is 2. The fourth-order valence-corrected chi connectivity index (χ4v) is 1.36. The Morgan fingerprint density at radius 3 is 2.80 bits per heavy atom. The summed E-state index contributed by atoms with van der Waals surface area (Å²) in [6, 6.07) is 6.91. The molecule has 0 aromatic carbocycles. The van der Waals surface area contributed by atoms with E-state index in [1.165, 1.54) is 12.3 Å². The molecule has 0 spiro atoms. The molecule has 0 saturated carbocycles. The highest BCUT2D eigenvalue weighted by atomic mass is 16.4. The van der Waals surface area contributed by atoms with Crippen LogP contribution in [-0.2, 0) is 6.54 Å². The van der Waals surface area contributed by atoms with E-state index in [0.717, 1.165) is 5.69 Å². The molecular weight excluding hydrogens is 192 g/mol. The number of nitrogens with zero attached hydrogens (tertiary/aromatic N) is 2. The Morgan fingerprint density at radius 2 is 2.13 bits per heavy atom. The van der Waals surface area contributed by atoms with E-state index in [1.807, 2.05) is 29.1 Å². The van der Waals surface area contributed by atoms with E-state index in [1.54, 1.807) is 6.07 Å². The van der Waals surface area contributed by atoms with Crippen molar-refractivity contribution in [3.63, 3.8) is 0 Å². The lowest BCUT2D eigenvalue weighted by molar-refractivity contribution is 0.0696. The molecule has 1 N–H and O–H groups in total. The Kier molecular flexibility index (Phi) is 2.49. The first-order valence-corrected chi connectivity index (χ1v) is 4.55. The molecule has 0 saturated heterocycles. The summed E-state index contributed by atoms with van der Waals surface area (Å²) in [5.74, 6) is -0.925. The molecule has 2 aromatic rings. The van der Waals surface area contributed by atoms with Gasteiger partial charge in [0.1, 0.15) is 0 Å². The predicted molar refractivity (Wildman–Crippen MR) is 54.7 cm³/mol. The fraction of sp³-hybridized carbons (Fsp3) is 0.0909. The van der Waals surface area contributed by atoms with Crippen molar-refractivity contribution in [1.82, 2.24) is 9.55 Å². The van der Waals surface area contributed by atoms with Crippen molar-refractivity contribution in [2.24, 2.45) is 0 Å². The van der Waals surface area contributed by atoms with Crippen LogP contribution in [0.15, 0.2) is 42.9 Å². The minimum atomic E-state index is -0.925. The molecule has 0 fully saturated rings. The van der Waals surface area contributed by atoms with Crippen molar-refractivity contribution in [2.75, 3.05) is 0 Å². The molecule has 0 atom stereocenters. The van der Waals surface area contributed by atoms with Crippen molar-refractivity contribution >= 4 is 5.97 Å².